The molecule has 1 aromatic carbocycles. The fourth-order valence-corrected chi connectivity index (χ4v) is 3.48. The van der Waals surface area contributed by atoms with Crippen molar-refractivity contribution in [2.45, 2.75) is 43.4 Å². The van der Waals surface area contributed by atoms with Crippen LogP contribution in [-0.2, 0) is 6.42 Å². The lowest BCUT2D eigenvalue weighted by atomic mass is 9.92. The Labute approximate surface area is 117 Å². The predicted octanol–water partition coefficient (Wildman–Crippen LogP) is 4.72. The van der Waals surface area contributed by atoms with Gasteiger partial charge in [-0.1, -0.05) is 41.3 Å². The summed E-state index contributed by atoms with van der Waals surface area (Å²) in [6.07, 6.45) is 7.37. The summed E-state index contributed by atoms with van der Waals surface area (Å²) in [4.78, 5) is 0.574. The van der Waals surface area contributed by atoms with E-state index in [0.717, 1.165) is 12.0 Å². The van der Waals surface area contributed by atoms with Crippen molar-refractivity contribution in [3.8, 4) is 5.75 Å². The van der Waals surface area contributed by atoms with Crippen molar-refractivity contribution in [2.75, 3.05) is 7.11 Å². The molecule has 0 aliphatic heterocycles. The lowest BCUT2D eigenvalue weighted by Gasteiger charge is -2.20. The first-order valence-electron chi connectivity index (χ1n) is 6.67. The van der Waals surface area contributed by atoms with Crippen LogP contribution in [0.4, 0.5) is 4.39 Å². The van der Waals surface area contributed by atoms with Crippen molar-refractivity contribution in [2.24, 2.45) is 5.92 Å². The van der Waals surface area contributed by atoms with Crippen molar-refractivity contribution < 1.29 is 9.13 Å². The van der Waals surface area contributed by atoms with Crippen LogP contribution in [0.2, 0.25) is 0 Å². The summed E-state index contributed by atoms with van der Waals surface area (Å²) >= 11 is 3.79. The summed E-state index contributed by atoms with van der Waals surface area (Å²) < 4.78 is 18.6. The third-order valence-electron chi connectivity index (χ3n) is 3.78. The van der Waals surface area contributed by atoms with Crippen molar-refractivity contribution in [1.29, 1.82) is 0 Å². The van der Waals surface area contributed by atoms with Crippen molar-refractivity contribution in [3.05, 3.63) is 29.6 Å². The highest BCUT2D eigenvalue weighted by molar-refractivity contribution is 9.09. The van der Waals surface area contributed by atoms with E-state index in [4.69, 9.17) is 4.74 Å². The Kier molecular flexibility index (Phi) is 5.04. The zero-order valence-electron chi connectivity index (χ0n) is 10.8. The van der Waals surface area contributed by atoms with Gasteiger partial charge in [-0.05, 0) is 42.9 Å². The van der Waals surface area contributed by atoms with E-state index in [1.807, 2.05) is 6.07 Å². The van der Waals surface area contributed by atoms with Crippen molar-refractivity contribution in [1.82, 2.24) is 0 Å². The number of rotatable bonds is 3. The third-order valence-corrected chi connectivity index (χ3v) is 4.99. The highest BCUT2D eigenvalue weighted by atomic mass is 79.9. The second-order valence-corrected chi connectivity index (χ2v) is 6.26. The van der Waals surface area contributed by atoms with Crippen LogP contribution < -0.4 is 4.74 Å². The van der Waals surface area contributed by atoms with Gasteiger partial charge in [-0.2, -0.15) is 0 Å². The molecule has 3 heteroatoms. The molecule has 0 radical (unpaired) electrons. The van der Waals surface area contributed by atoms with Crippen LogP contribution in [0.5, 0.6) is 5.75 Å². The van der Waals surface area contributed by atoms with Crippen LogP contribution in [0.25, 0.3) is 0 Å². The zero-order chi connectivity index (χ0) is 13.0. The van der Waals surface area contributed by atoms with E-state index >= 15 is 0 Å². The standard InChI is InChI=1S/C15H20BrFO/c1-18-15-8-7-11(10-14(15)17)9-12-5-3-2-4-6-13(12)16/h7-8,10,12-13H,2-6,9H2,1H3. The van der Waals surface area contributed by atoms with E-state index in [9.17, 15) is 4.39 Å². The molecule has 0 bridgehead atoms. The van der Waals surface area contributed by atoms with E-state index in [-0.39, 0.29) is 5.82 Å². The van der Waals surface area contributed by atoms with Gasteiger partial charge < -0.3 is 4.74 Å². The molecule has 1 aliphatic carbocycles. The fraction of sp³-hybridized carbons (Fsp3) is 0.600. The van der Waals surface area contributed by atoms with E-state index in [1.54, 1.807) is 12.1 Å². The van der Waals surface area contributed by atoms with Crippen LogP contribution >= 0.6 is 15.9 Å². The van der Waals surface area contributed by atoms with Gasteiger partial charge in [0.2, 0.25) is 0 Å². The monoisotopic (exact) mass is 314 g/mol. The van der Waals surface area contributed by atoms with Gasteiger partial charge in [0, 0.05) is 4.83 Å². The molecule has 1 fully saturated rings. The highest BCUT2D eigenvalue weighted by Gasteiger charge is 2.21. The summed E-state index contributed by atoms with van der Waals surface area (Å²) in [6.45, 7) is 0. The minimum absolute atomic E-state index is 0.255. The van der Waals surface area contributed by atoms with E-state index in [2.05, 4.69) is 15.9 Å². The Morgan fingerprint density at radius 3 is 2.78 bits per heavy atom. The summed E-state index contributed by atoms with van der Waals surface area (Å²) in [5, 5.41) is 0. The van der Waals surface area contributed by atoms with Gasteiger partial charge in [0.25, 0.3) is 0 Å². The smallest absolute Gasteiger partial charge is 0.165 e. The number of methoxy groups -OCH3 is 1. The van der Waals surface area contributed by atoms with Crippen molar-refractivity contribution >= 4 is 15.9 Å². The molecule has 2 rings (SSSR count). The molecule has 1 saturated carbocycles. The number of ether oxygens (including phenoxy) is 1. The SMILES string of the molecule is COc1ccc(CC2CCCCCC2Br)cc1F. The van der Waals surface area contributed by atoms with Crippen LogP contribution in [0.1, 0.15) is 37.7 Å². The van der Waals surface area contributed by atoms with Gasteiger partial charge in [0.15, 0.2) is 11.6 Å². The topological polar surface area (TPSA) is 9.23 Å². The van der Waals surface area contributed by atoms with Gasteiger partial charge in [-0.25, -0.2) is 4.39 Å². The third kappa shape index (κ3) is 3.47. The first-order chi connectivity index (χ1) is 8.70. The second kappa shape index (κ2) is 6.55. The number of hydrogen-bond donors (Lipinski definition) is 0. The molecule has 2 unspecified atom stereocenters. The number of alkyl halides is 1. The van der Waals surface area contributed by atoms with Gasteiger partial charge >= 0.3 is 0 Å². The molecular weight excluding hydrogens is 295 g/mol. The molecule has 0 saturated heterocycles. The minimum Gasteiger partial charge on any atom is -0.494 e. The molecule has 1 aliphatic rings. The summed E-state index contributed by atoms with van der Waals surface area (Å²) in [7, 11) is 1.50. The number of hydrogen-bond acceptors (Lipinski definition) is 1. The van der Waals surface area contributed by atoms with Crippen LogP contribution in [-0.4, -0.2) is 11.9 Å². The Hall–Kier alpha value is -0.570. The Morgan fingerprint density at radius 2 is 2.06 bits per heavy atom. The van der Waals surface area contributed by atoms with Gasteiger partial charge in [-0.3, -0.25) is 0 Å². The van der Waals surface area contributed by atoms with E-state index in [1.165, 1.54) is 39.2 Å². The first-order valence-corrected chi connectivity index (χ1v) is 7.58. The molecule has 0 heterocycles. The summed E-state index contributed by atoms with van der Waals surface area (Å²) in [5.41, 5.74) is 1.07. The molecule has 0 aromatic heterocycles. The Morgan fingerprint density at radius 1 is 1.28 bits per heavy atom. The lowest BCUT2D eigenvalue weighted by molar-refractivity contribution is 0.385. The van der Waals surface area contributed by atoms with Crippen LogP contribution in [0.3, 0.4) is 0 Å². The Bertz CT molecular complexity index is 394. The van der Waals surface area contributed by atoms with Crippen LogP contribution in [0, 0.1) is 11.7 Å². The quantitative estimate of drug-likeness (QED) is 0.579. The molecule has 100 valence electrons. The zero-order valence-corrected chi connectivity index (χ0v) is 12.4. The molecule has 2 atom stereocenters. The minimum atomic E-state index is -0.255. The molecular formula is C15H20BrFO. The highest BCUT2D eigenvalue weighted by Crippen LogP contribution is 2.32. The van der Waals surface area contributed by atoms with Crippen molar-refractivity contribution in [3.63, 3.8) is 0 Å². The summed E-state index contributed by atoms with van der Waals surface area (Å²) in [5.74, 6) is 0.699. The number of benzene rings is 1. The number of halogens is 2. The average molecular weight is 315 g/mol. The molecule has 0 amide bonds. The molecule has 18 heavy (non-hydrogen) atoms. The first kappa shape index (κ1) is 13.9. The average Bonchev–Trinajstić information content (AvgIpc) is 2.55. The van der Waals surface area contributed by atoms with Gasteiger partial charge in [0.05, 0.1) is 7.11 Å². The lowest BCUT2D eigenvalue weighted by Crippen LogP contribution is -2.15. The van der Waals surface area contributed by atoms with Gasteiger partial charge in [-0.15, -0.1) is 0 Å². The van der Waals surface area contributed by atoms with E-state index in [0.29, 0.717) is 16.5 Å². The van der Waals surface area contributed by atoms with E-state index < -0.39 is 0 Å². The van der Waals surface area contributed by atoms with Gasteiger partial charge in [0.1, 0.15) is 0 Å². The maximum atomic E-state index is 13.6. The predicted molar refractivity (Wildman–Crippen MR) is 75.9 cm³/mol. The molecule has 1 aromatic rings. The summed E-state index contributed by atoms with van der Waals surface area (Å²) in [6, 6.07) is 5.32. The Balaban J connectivity index is 2.05. The maximum absolute atomic E-state index is 13.6. The fourth-order valence-electron chi connectivity index (χ4n) is 2.71. The molecule has 0 N–H and O–H groups in total. The molecule has 0 spiro atoms. The van der Waals surface area contributed by atoms with Crippen LogP contribution in [0.15, 0.2) is 18.2 Å². The molecule has 1 nitrogen and oxygen atoms in total. The largest absolute Gasteiger partial charge is 0.494 e. The normalized spacial score (nSPS) is 24.6. The maximum Gasteiger partial charge on any atom is 0.165 e. The second-order valence-electron chi connectivity index (χ2n) is 5.09.